The summed E-state index contributed by atoms with van der Waals surface area (Å²) in [7, 11) is 0. The quantitative estimate of drug-likeness (QED) is 0.617. The summed E-state index contributed by atoms with van der Waals surface area (Å²) in [5.41, 5.74) is 8.07. The molecular weight excluding hydrogens is 286 g/mol. The highest BCUT2D eigenvalue weighted by Crippen LogP contribution is 2.23. The highest BCUT2D eigenvalue weighted by molar-refractivity contribution is 5.85. The van der Waals surface area contributed by atoms with Gasteiger partial charge in [0.25, 0.3) is 0 Å². The lowest BCUT2D eigenvalue weighted by molar-refractivity contribution is 0.474. The minimum Gasteiger partial charge on any atom is -0.507 e. The number of hydrogen-bond acceptors (Lipinski definition) is 4. The molecule has 23 heavy (non-hydrogen) atoms. The van der Waals surface area contributed by atoms with Gasteiger partial charge >= 0.3 is 0 Å². The monoisotopic (exact) mass is 311 g/mol. The molecule has 0 aliphatic rings. The molecule has 0 saturated carbocycles. The summed E-state index contributed by atoms with van der Waals surface area (Å²) >= 11 is 0. The van der Waals surface area contributed by atoms with Crippen molar-refractivity contribution in [3.63, 3.8) is 0 Å². The van der Waals surface area contributed by atoms with E-state index in [4.69, 9.17) is 0 Å². The number of rotatable bonds is 6. The first-order valence-corrected chi connectivity index (χ1v) is 7.99. The summed E-state index contributed by atoms with van der Waals surface area (Å²) in [6, 6.07) is 11.8. The maximum atomic E-state index is 10.2. The molecule has 122 valence electrons. The van der Waals surface area contributed by atoms with E-state index in [2.05, 4.69) is 42.3 Å². The molecule has 2 rings (SSSR count). The summed E-state index contributed by atoms with van der Waals surface area (Å²) in [5.74, 6) is 0.237. The molecule has 0 aliphatic carbocycles. The van der Waals surface area contributed by atoms with Gasteiger partial charge in [0.1, 0.15) is 5.75 Å². The highest BCUT2D eigenvalue weighted by Gasteiger charge is 2.05. The second kappa shape index (κ2) is 7.68. The molecule has 2 aromatic carbocycles. The van der Waals surface area contributed by atoms with E-state index < -0.39 is 0 Å². The number of phenols is 1. The van der Waals surface area contributed by atoms with E-state index in [0.717, 1.165) is 30.0 Å². The molecule has 0 radical (unpaired) electrons. The lowest BCUT2D eigenvalue weighted by Crippen LogP contribution is -2.21. The van der Waals surface area contributed by atoms with Crippen molar-refractivity contribution in [1.82, 2.24) is 0 Å². The van der Waals surface area contributed by atoms with Crippen molar-refractivity contribution < 1.29 is 5.11 Å². The third-order valence-electron chi connectivity index (χ3n) is 3.91. The number of aryl methyl sites for hydroxylation is 2. The van der Waals surface area contributed by atoms with Gasteiger partial charge in [0.15, 0.2) is 0 Å². The maximum Gasteiger partial charge on any atom is 0.126 e. The summed E-state index contributed by atoms with van der Waals surface area (Å²) in [6.45, 7) is 10.1. The van der Waals surface area contributed by atoms with Gasteiger partial charge in [-0.2, -0.15) is 5.10 Å². The third kappa shape index (κ3) is 4.25. The lowest BCUT2D eigenvalue weighted by Gasteiger charge is -2.21. The van der Waals surface area contributed by atoms with Crippen molar-refractivity contribution in [2.24, 2.45) is 5.10 Å². The SMILES string of the molecule is CCN(CC)c1ccc(C=NNc2ccc(C)cc2C)c(O)c1. The molecule has 4 nitrogen and oxygen atoms in total. The fourth-order valence-corrected chi connectivity index (χ4v) is 2.54. The zero-order valence-corrected chi connectivity index (χ0v) is 14.3. The number of nitrogens with zero attached hydrogens (tertiary/aromatic N) is 2. The Morgan fingerprint density at radius 1 is 1.09 bits per heavy atom. The van der Waals surface area contributed by atoms with Crippen molar-refractivity contribution in [1.29, 1.82) is 0 Å². The number of anilines is 2. The molecular formula is C19H25N3O. The van der Waals surface area contributed by atoms with Crippen molar-refractivity contribution >= 4 is 17.6 Å². The number of hydrazone groups is 1. The molecule has 0 bridgehead atoms. The smallest absolute Gasteiger partial charge is 0.126 e. The van der Waals surface area contributed by atoms with Crippen LogP contribution >= 0.6 is 0 Å². The van der Waals surface area contributed by atoms with Crippen LogP contribution in [0, 0.1) is 13.8 Å². The molecule has 0 spiro atoms. The second-order valence-electron chi connectivity index (χ2n) is 5.60. The first kappa shape index (κ1) is 16.9. The Hall–Kier alpha value is -2.49. The van der Waals surface area contributed by atoms with Crippen LogP contribution in [-0.2, 0) is 0 Å². The van der Waals surface area contributed by atoms with E-state index in [1.807, 2.05) is 31.2 Å². The predicted octanol–water partition coefficient (Wildman–Crippen LogP) is 4.30. The molecule has 0 amide bonds. The minimum absolute atomic E-state index is 0.237. The highest BCUT2D eigenvalue weighted by atomic mass is 16.3. The molecule has 0 aliphatic heterocycles. The van der Waals surface area contributed by atoms with E-state index in [0.29, 0.717) is 5.56 Å². The van der Waals surface area contributed by atoms with Crippen molar-refractivity contribution in [3.05, 3.63) is 53.1 Å². The number of nitrogens with one attached hydrogen (secondary N) is 1. The zero-order chi connectivity index (χ0) is 16.8. The van der Waals surface area contributed by atoms with Crippen LogP contribution in [0.3, 0.4) is 0 Å². The topological polar surface area (TPSA) is 47.9 Å². The molecule has 0 unspecified atom stereocenters. The van der Waals surface area contributed by atoms with Crippen LogP contribution < -0.4 is 10.3 Å². The van der Waals surface area contributed by atoms with Gasteiger partial charge in [-0.1, -0.05) is 17.7 Å². The Morgan fingerprint density at radius 2 is 1.83 bits per heavy atom. The Morgan fingerprint density at radius 3 is 2.43 bits per heavy atom. The van der Waals surface area contributed by atoms with Crippen LogP contribution in [0.15, 0.2) is 41.5 Å². The van der Waals surface area contributed by atoms with Crippen LogP contribution in [0.1, 0.15) is 30.5 Å². The van der Waals surface area contributed by atoms with Gasteiger partial charge in [-0.3, -0.25) is 5.43 Å². The second-order valence-corrected chi connectivity index (χ2v) is 5.60. The molecule has 4 heteroatoms. The van der Waals surface area contributed by atoms with Crippen molar-refractivity contribution in [2.75, 3.05) is 23.4 Å². The van der Waals surface area contributed by atoms with Gasteiger partial charge in [-0.25, -0.2) is 0 Å². The van der Waals surface area contributed by atoms with E-state index >= 15 is 0 Å². The zero-order valence-electron chi connectivity index (χ0n) is 14.3. The molecule has 0 atom stereocenters. The van der Waals surface area contributed by atoms with Crippen LogP contribution in [0.2, 0.25) is 0 Å². The Balaban J connectivity index is 2.10. The summed E-state index contributed by atoms with van der Waals surface area (Å²) in [5, 5.41) is 14.4. The fraction of sp³-hybridized carbons (Fsp3) is 0.316. The molecule has 0 saturated heterocycles. The summed E-state index contributed by atoms with van der Waals surface area (Å²) < 4.78 is 0. The average Bonchev–Trinajstić information content (AvgIpc) is 2.52. The van der Waals surface area contributed by atoms with Crippen LogP contribution in [0.4, 0.5) is 11.4 Å². The third-order valence-corrected chi connectivity index (χ3v) is 3.91. The Kier molecular flexibility index (Phi) is 5.63. The first-order valence-electron chi connectivity index (χ1n) is 7.99. The van der Waals surface area contributed by atoms with E-state index in [-0.39, 0.29) is 5.75 Å². The average molecular weight is 311 g/mol. The Bertz CT molecular complexity index is 691. The van der Waals surface area contributed by atoms with Gasteiger partial charge in [0.2, 0.25) is 0 Å². The Labute approximate surface area is 138 Å². The first-order chi connectivity index (χ1) is 11.0. The standard InChI is InChI=1S/C19H25N3O/c1-5-22(6-2)17-9-8-16(19(23)12-17)13-20-21-18-10-7-14(3)11-15(18)4/h7-13,21,23H,5-6H2,1-4H3. The van der Waals surface area contributed by atoms with E-state index in [9.17, 15) is 5.11 Å². The van der Waals surface area contributed by atoms with E-state index in [1.165, 1.54) is 5.56 Å². The van der Waals surface area contributed by atoms with Gasteiger partial charge in [-0.05, 0) is 51.5 Å². The molecule has 0 fully saturated rings. The molecule has 2 N–H and O–H groups in total. The maximum absolute atomic E-state index is 10.2. The van der Waals surface area contributed by atoms with Gasteiger partial charge in [-0.15, -0.1) is 0 Å². The van der Waals surface area contributed by atoms with Crippen LogP contribution in [0.25, 0.3) is 0 Å². The number of phenolic OH excluding ortho intramolecular Hbond substituents is 1. The van der Waals surface area contributed by atoms with Crippen LogP contribution in [0.5, 0.6) is 5.75 Å². The summed E-state index contributed by atoms with van der Waals surface area (Å²) in [4.78, 5) is 2.19. The van der Waals surface area contributed by atoms with Gasteiger partial charge in [0.05, 0.1) is 11.9 Å². The normalized spacial score (nSPS) is 11.0. The van der Waals surface area contributed by atoms with Gasteiger partial charge < -0.3 is 10.0 Å². The number of aromatic hydroxyl groups is 1. The fourth-order valence-electron chi connectivity index (χ4n) is 2.54. The minimum atomic E-state index is 0.237. The van der Waals surface area contributed by atoms with Crippen LogP contribution in [-0.4, -0.2) is 24.4 Å². The largest absolute Gasteiger partial charge is 0.507 e. The van der Waals surface area contributed by atoms with Gasteiger partial charge in [0, 0.05) is 30.4 Å². The number of hydrogen-bond donors (Lipinski definition) is 2. The molecule has 0 aromatic heterocycles. The molecule has 2 aromatic rings. The van der Waals surface area contributed by atoms with E-state index in [1.54, 1.807) is 12.3 Å². The number of benzene rings is 2. The van der Waals surface area contributed by atoms with Crippen molar-refractivity contribution in [2.45, 2.75) is 27.7 Å². The summed E-state index contributed by atoms with van der Waals surface area (Å²) in [6.07, 6.45) is 1.64. The lowest BCUT2D eigenvalue weighted by atomic mass is 10.1. The van der Waals surface area contributed by atoms with Crippen molar-refractivity contribution in [3.8, 4) is 5.75 Å². The molecule has 0 heterocycles. The predicted molar refractivity (Wildman–Crippen MR) is 98.8 cm³/mol.